The monoisotopic (exact) mass is 703 g/mol. The van der Waals surface area contributed by atoms with E-state index in [1.165, 1.54) is 33.4 Å². The van der Waals surface area contributed by atoms with Gasteiger partial charge in [0, 0.05) is 46.8 Å². The molecule has 0 atom stereocenters. The predicted octanol–water partition coefficient (Wildman–Crippen LogP) is 6.97. The van der Waals surface area contributed by atoms with Crippen LogP contribution in [0.5, 0.6) is 0 Å². The third-order valence-electron chi connectivity index (χ3n) is 6.80. The van der Waals surface area contributed by atoms with Crippen molar-refractivity contribution in [3.8, 4) is 45.9 Å². The second-order valence-corrected chi connectivity index (χ2v) is 11.3. The molecule has 1 aromatic heterocycles. The van der Waals surface area contributed by atoms with E-state index in [0.29, 0.717) is 0 Å². The molecule has 222 valence electrons. The quantitative estimate of drug-likeness (QED) is 0.0746. The van der Waals surface area contributed by atoms with Crippen LogP contribution in [0.15, 0.2) is 128 Å². The summed E-state index contributed by atoms with van der Waals surface area (Å²) in [5, 5.41) is 1.02. The Morgan fingerprint density at radius 2 is 0.955 bits per heavy atom. The summed E-state index contributed by atoms with van der Waals surface area (Å²) in [6, 6.07) is 40.0. The number of nitrogens with zero attached hydrogens (tertiary/aromatic N) is 1. The van der Waals surface area contributed by atoms with Gasteiger partial charge in [-0.2, -0.15) is 0 Å². The summed E-state index contributed by atoms with van der Waals surface area (Å²) in [4.78, 5) is 0. The summed E-state index contributed by atoms with van der Waals surface area (Å²) in [5.41, 5.74) is 9.75. The Morgan fingerprint density at radius 3 is 1.39 bits per heavy atom. The molecule has 0 fully saturated rings. The zero-order chi connectivity index (χ0) is 30.1. The number of aryl methyl sites for hydroxylation is 3. The van der Waals surface area contributed by atoms with Gasteiger partial charge in [0.15, 0.2) is 12.4 Å². The van der Waals surface area contributed by atoms with E-state index in [1.807, 2.05) is 12.1 Å². The highest BCUT2D eigenvalue weighted by molar-refractivity contribution is 9.09. The van der Waals surface area contributed by atoms with E-state index in [0.717, 1.165) is 48.7 Å². The lowest BCUT2D eigenvalue weighted by molar-refractivity contribution is -0.697. The van der Waals surface area contributed by atoms with Crippen molar-refractivity contribution >= 4 is 15.9 Å². The van der Waals surface area contributed by atoms with E-state index >= 15 is 0 Å². The molecule has 0 saturated heterocycles. The maximum Gasteiger partial charge on any atom is 0.171 e. The van der Waals surface area contributed by atoms with Gasteiger partial charge >= 0.3 is 0 Å². The summed E-state index contributed by atoms with van der Waals surface area (Å²) >= 11 is 3.40. The van der Waals surface area contributed by atoms with Crippen LogP contribution >= 0.6 is 15.9 Å². The van der Waals surface area contributed by atoms with Crippen LogP contribution in [0.25, 0.3) is 22.3 Å². The molecule has 0 saturated carbocycles. The van der Waals surface area contributed by atoms with Gasteiger partial charge in [0.05, 0.1) is 0 Å². The molecule has 3 heteroatoms. The van der Waals surface area contributed by atoms with Gasteiger partial charge in [-0.1, -0.05) is 125 Å². The van der Waals surface area contributed by atoms with Crippen LogP contribution in [0.2, 0.25) is 0 Å². The fourth-order valence-electron chi connectivity index (χ4n) is 4.71. The SMILES string of the molecule is BrCCCC#Cc1ccc(-c2ccccc2)cc1.Cc1cc(C)c[n+](CCCC#Cc2ccc(-c3ccccc3)cc2)c1.[Br-]. The van der Waals surface area contributed by atoms with Crippen molar-refractivity contribution in [3.63, 3.8) is 0 Å². The fraction of sp³-hybridized carbons (Fsp3) is 0.195. The number of benzene rings is 4. The van der Waals surface area contributed by atoms with Crippen LogP contribution in [0.1, 0.15) is 47.9 Å². The van der Waals surface area contributed by atoms with Gasteiger partial charge in [-0.05, 0) is 72.9 Å². The molecule has 0 aliphatic carbocycles. The lowest BCUT2D eigenvalue weighted by Crippen LogP contribution is -3.00. The van der Waals surface area contributed by atoms with Crippen LogP contribution in [-0.4, -0.2) is 5.33 Å². The molecule has 0 N–H and O–H groups in total. The Balaban J connectivity index is 0.000000247. The number of hydrogen-bond acceptors (Lipinski definition) is 0. The van der Waals surface area contributed by atoms with Gasteiger partial charge in [0.1, 0.15) is 6.54 Å². The minimum Gasteiger partial charge on any atom is -1.00 e. The maximum atomic E-state index is 3.40. The van der Waals surface area contributed by atoms with Gasteiger partial charge in [0.2, 0.25) is 0 Å². The van der Waals surface area contributed by atoms with Gasteiger partial charge in [-0.25, -0.2) is 4.57 Å². The molecule has 0 radical (unpaired) electrons. The van der Waals surface area contributed by atoms with E-state index < -0.39 is 0 Å². The van der Waals surface area contributed by atoms with Crippen molar-refractivity contribution in [3.05, 3.63) is 150 Å². The molecule has 0 aliphatic heterocycles. The van der Waals surface area contributed by atoms with Crippen LogP contribution in [0, 0.1) is 37.5 Å². The van der Waals surface area contributed by atoms with E-state index in [2.05, 4.69) is 174 Å². The molecule has 0 aliphatic rings. The third-order valence-corrected chi connectivity index (χ3v) is 7.36. The predicted molar refractivity (Wildman–Crippen MR) is 186 cm³/mol. The van der Waals surface area contributed by atoms with Gasteiger partial charge < -0.3 is 17.0 Å². The number of rotatable bonds is 7. The summed E-state index contributed by atoms with van der Waals surface area (Å²) in [7, 11) is 0. The average Bonchev–Trinajstić information content (AvgIpc) is 3.04. The van der Waals surface area contributed by atoms with E-state index in [4.69, 9.17) is 0 Å². The van der Waals surface area contributed by atoms with Crippen molar-refractivity contribution in [2.24, 2.45) is 0 Å². The first-order valence-electron chi connectivity index (χ1n) is 14.9. The van der Waals surface area contributed by atoms with Crippen LogP contribution < -0.4 is 21.5 Å². The standard InChI is InChI=1S/C24H24N.C17H15Br.BrH/c1-20-17-21(2)19-25(18-20)16-8-4-5-9-22-12-14-24(15-13-22)23-10-6-3-7-11-23;18-14-6-2-3-7-15-10-12-17(13-11-15)16-8-4-1-5-9-16;/h3,6-7,10-15,17-19H,4,8,16H2,1-2H3;1,4-5,8-13H,2,6,14H2;1H/q+1;;/p-1. The maximum absolute atomic E-state index is 3.40. The zero-order valence-corrected chi connectivity index (χ0v) is 28.7. The first kappa shape index (κ1) is 34.6. The van der Waals surface area contributed by atoms with E-state index in [9.17, 15) is 0 Å². The van der Waals surface area contributed by atoms with Gasteiger partial charge in [-0.15, -0.1) is 0 Å². The fourth-order valence-corrected chi connectivity index (χ4v) is 4.99. The molecular formula is C41H39Br2N. The first-order chi connectivity index (χ1) is 21.1. The summed E-state index contributed by atoms with van der Waals surface area (Å²) in [6.45, 7) is 5.30. The lowest BCUT2D eigenvalue weighted by Gasteiger charge is -2.00. The zero-order valence-electron chi connectivity index (χ0n) is 25.6. The molecule has 5 rings (SSSR count). The topological polar surface area (TPSA) is 3.88 Å². The highest BCUT2D eigenvalue weighted by atomic mass is 79.9. The minimum atomic E-state index is 0. The second-order valence-electron chi connectivity index (χ2n) is 10.5. The number of alkyl halides is 1. The van der Waals surface area contributed by atoms with E-state index in [-0.39, 0.29) is 17.0 Å². The molecule has 0 bridgehead atoms. The molecule has 1 heterocycles. The van der Waals surface area contributed by atoms with Crippen LogP contribution in [0.4, 0.5) is 0 Å². The summed E-state index contributed by atoms with van der Waals surface area (Å²) in [5.74, 6) is 12.9. The lowest BCUT2D eigenvalue weighted by atomic mass is 10.0. The van der Waals surface area contributed by atoms with Crippen LogP contribution in [-0.2, 0) is 6.54 Å². The molecule has 1 nitrogen and oxygen atoms in total. The largest absolute Gasteiger partial charge is 1.00 e. The first-order valence-corrected chi connectivity index (χ1v) is 16.0. The highest BCUT2D eigenvalue weighted by Crippen LogP contribution is 2.20. The van der Waals surface area contributed by atoms with E-state index in [1.54, 1.807) is 0 Å². The molecule has 0 spiro atoms. The number of aromatic nitrogens is 1. The molecular weight excluding hydrogens is 666 g/mol. The normalized spacial score (nSPS) is 9.70. The molecule has 44 heavy (non-hydrogen) atoms. The van der Waals surface area contributed by atoms with Crippen molar-refractivity contribution in [1.82, 2.24) is 0 Å². The third kappa shape index (κ3) is 12.0. The number of unbranched alkanes of at least 4 members (excludes halogenated alkanes) is 2. The minimum absolute atomic E-state index is 0. The summed E-state index contributed by atoms with van der Waals surface area (Å²) < 4.78 is 2.26. The van der Waals surface area contributed by atoms with Gasteiger partial charge in [0.25, 0.3) is 0 Å². The summed E-state index contributed by atoms with van der Waals surface area (Å²) in [6.07, 6.45) is 8.44. The number of hydrogen-bond donors (Lipinski definition) is 0. The molecule has 0 unspecified atom stereocenters. The Labute approximate surface area is 283 Å². The second kappa shape index (κ2) is 19.4. The van der Waals surface area contributed by atoms with Crippen molar-refractivity contribution in [2.45, 2.75) is 46.1 Å². The van der Waals surface area contributed by atoms with Gasteiger partial charge in [-0.3, -0.25) is 0 Å². The Morgan fingerprint density at radius 1 is 0.545 bits per heavy atom. The smallest absolute Gasteiger partial charge is 0.171 e. The van der Waals surface area contributed by atoms with Crippen molar-refractivity contribution in [1.29, 1.82) is 0 Å². The van der Waals surface area contributed by atoms with Crippen LogP contribution in [0.3, 0.4) is 0 Å². The Hall–Kier alpha value is -3.89. The molecule has 5 aromatic rings. The highest BCUT2D eigenvalue weighted by Gasteiger charge is 2.02. The number of pyridine rings is 1. The average molecular weight is 706 g/mol. The molecule has 4 aromatic carbocycles. The Bertz CT molecular complexity index is 1650. The number of halogens is 2. The van der Waals surface area contributed by atoms with Crippen molar-refractivity contribution in [2.75, 3.05) is 5.33 Å². The van der Waals surface area contributed by atoms with Crippen molar-refractivity contribution < 1.29 is 21.5 Å². The molecule has 0 amide bonds. The Kier molecular flexibility index (Phi) is 15.3.